The van der Waals surface area contributed by atoms with E-state index in [1.54, 1.807) is 18.3 Å². The molecular formula is C15H19N3O3S3. The second-order valence-corrected chi connectivity index (χ2v) is 10.4. The average Bonchev–Trinajstić information content (AvgIpc) is 3.25. The molecule has 2 aromatic rings. The summed E-state index contributed by atoms with van der Waals surface area (Å²) in [5.74, 6) is -0.240. The van der Waals surface area contributed by atoms with Crippen molar-refractivity contribution in [2.75, 3.05) is 6.54 Å². The molecule has 3 rings (SSSR count). The van der Waals surface area contributed by atoms with Gasteiger partial charge < -0.3 is 5.32 Å². The van der Waals surface area contributed by atoms with Crippen molar-refractivity contribution in [2.24, 2.45) is 0 Å². The molecule has 1 saturated heterocycles. The fraction of sp³-hybridized carbons (Fsp3) is 0.467. The van der Waals surface area contributed by atoms with Crippen LogP contribution in [0.2, 0.25) is 0 Å². The predicted molar refractivity (Wildman–Crippen MR) is 94.7 cm³/mol. The van der Waals surface area contributed by atoms with E-state index in [2.05, 4.69) is 10.3 Å². The maximum atomic E-state index is 12.8. The fourth-order valence-corrected chi connectivity index (χ4v) is 6.54. The summed E-state index contributed by atoms with van der Waals surface area (Å²) in [7, 11) is -3.61. The smallest absolute Gasteiger partial charge is 0.253 e. The van der Waals surface area contributed by atoms with Gasteiger partial charge in [-0.3, -0.25) is 4.79 Å². The molecule has 2 aromatic heterocycles. The number of hydrogen-bond acceptors (Lipinski definition) is 6. The van der Waals surface area contributed by atoms with E-state index in [1.165, 1.54) is 27.0 Å². The van der Waals surface area contributed by atoms with Gasteiger partial charge in [-0.2, -0.15) is 4.31 Å². The average molecular weight is 386 g/mol. The minimum absolute atomic E-state index is 0.240. The molecule has 0 spiro atoms. The standard InChI is InChI=1S/C15H19N3O3S3/c1-10-5-6-14(22-10)24(20,21)18-7-3-4-13(18)15(19)17-9-12-8-16-11(2)23-12/h5-6,8,13H,3-4,7,9H2,1-2H3,(H,17,19). The molecule has 6 nitrogen and oxygen atoms in total. The van der Waals surface area contributed by atoms with Gasteiger partial charge in [0.2, 0.25) is 5.91 Å². The zero-order valence-electron chi connectivity index (χ0n) is 13.5. The van der Waals surface area contributed by atoms with E-state index in [4.69, 9.17) is 0 Å². The Bertz CT molecular complexity index is 841. The minimum Gasteiger partial charge on any atom is -0.350 e. The highest BCUT2D eigenvalue weighted by molar-refractivity contribution is 7.91. The van der Waals surface area contributed by atoms with E-state index in [-0.39, 0.29) is 5.91 Å². The lowest BCUT2D eigenvalue weighted by Gasteiger charge is -2.22. The number of carbonyl (C=O) groups is 1. The van der Waals surface area contributed by atoms with E-state index in [1.807, 2.05) is 13.8 Å². The molecule has 9 heteroatoms. The Morgan fingerprint density at radius 2 is 2.17 bits per heavy atom. The number of sulfonamides is 1. The molecule has 1 aliphatic rings. The highest BCUT2D eigenvalue weighted by Crippen LogP contribution is 2.30. The molecule has 1 atom stereocenters. The fourth-order valence-electron chi connectivity index (χ4n) is 2.74. The third kappa shape index (κ3) is 3.53. The SMILES string of the molecule is Cc1ccc(S(=O)(=O)N2CCCC2C(=O)NCc2cnc(C)s2)s1. The first-order chi connectivity index (χ1) is 11.4. The summed E-state index contributed by atoms with van der Waals surface area (Å²) in [6.45, 7) is 4.54. The maximum absolute atomic E-state index is 12.8. The van der Waals surface area contributed by atoms with Crippen LogP contribution in [0.4, 0.5) is 0 Å². The van der Waals surface area contributed by atoms with E-state index in [0.717, 1.165) is 14.8 Å². The first-order valence-corrected chi connectivity index (χ1v) is 10.7. The topological polar surface area (TPSA) is 79.4 Å². The zero-order chi connectivity index (χ0) is 17.3. The normalized spacial score (nSPS) is 18.8. The molecule has 0 bridgehead atoms. The number of carbonyl (C=O) groups excluding carboxylic acids is 1. The first-order valence-electron chi connectivity index (χ1n) is 7.65. The molecular weight excluding hydrogens is 366 g/mol. The lowest BCUT2D eigenvalue weighted by Crippen LogP contribution is -2.45. The quantitative estimate of drug-likeness (QED) is 0.856. The highest BCUT2D eigenvalue weighted by atomic mass is 32.2. The Kier molecular flexibility index (Phi) is 5.05. The number of nitrogens with one attached hydrogen (secondary N) is 1. The Morgan fingerprint density at radius 1 is 1.38 bits per heavy atom. The van der Waals surface area contributed by atoms with Gasteiger partial charge in [-0.15, -0.1) is 22.7 Å². The van der Waals surface area contributed by atoms with Crippen LogP contribution in [-0.2, 0) is 21.4 Å². The second-order valence-electron chi connectivity index (χ2n) is 5.70. The second kappa shape index (κ2) is 6.91. The van der Waals surface area contributed by atoms with Crippen LogP contribution in [0.1, 0.15) is 27.6 Å². The van der Waals surface area contributed by atoms with Crippen LogP contribution < -0.4 is 5.32 Å². The molecule has 1 amide bonds. The van der Waals surface area contributed by atoms with Gasteiger partial charge in [0.05, 0.1) is 11.6 Å². The van der Waals surface area contributed by atoms with Crippen LogP contribution in [0, 0.1) is 13.8 Å². The van der Waals surface area contributed by atoms with Crippen LogP contribution >= 0.6 is 22.7 Å². The monoisotopic (exact) mass is 385 g/mol. The summed E-state index contributed by atoms with van der Waals surface area (Å²) in [5, 5.41) is 3.78. The molecule has 24 heavy (non-hydrogen) atoms. The van der Waals surface area contributed by atoms with Crippen LogP contribution in [-0.4, -0.2) is 36.2 Å². The van der Waals surface area contributed by atoms with Crippen LogP contribution in [0.5, 0.6) is 0 Å². The summed E-state index contributed by atoms with van der Waals surface area (Å²) >= 11 is 2.76. The van der Waals surface area contributed by atoms with Crippen molar-refractivity contribution in [2.45, 2.75) is 43.5 Å². The third-order valence-corrected chi connectivity index (χ3v) is 8.18. The van der Waals surface area contributed by atoms with Crippen molar-refractivity contribution in [1.29, 1.82) is 0 Å². The number of nitrogens with zero attached hydrogens (tertiary/aromatic N) is 2. The van der Waals surface area contributed by atoms with Gasteiger partial charge in [0, 0.05) is 22.5 Å². The largest absolute Gasteiger partial charge is 0.350 e. The van der Waals surface area contributed by atoms with Crippen molar-refractivity contribution in [3.63, 3.8) is 0 Å². The number of thiazole rings is 1. The summed E-state index contributed by atoms with van der Waals surface area (Å²) in [5.41, 5.74) is 0. The van der Waals surface area contributed by atoms with Gasteiger partial charge in [0.15, 0.2) is 0 Å². The van der Waals surface area contributed by atoms with E-state index < -0.39 is 16.1 Å². The van der Waals surface area contributed by atoms with Gasteiger partial charge in [0.25, 0.3) is 10.0 Å². The zero-order valence-corrected chi connectivity index (χ0v) is 15.9. The van der Waals surface area contributed by atoms with Crippen molar-refractivity contribution in [1.82, 2.24) is 14.6 Å². The molecule has 1 unspecified atom stereocenters. The Hall–Kier alpha value is -1.29. The van der Waals surface area contributed by atoms with Gasteiger partial charge in [-0.05, 0) is 38.8 Å². The lowest BCUT2D eigenvalue weighted by atomic mass is 10.2. The van der Waals surface area contributed by atoms with Crippen molar-refractivity contribution >= 4 is 38.6 Å². The number of hydrogen-bond donors (Lipinski definition) is 1. The van der Waals surface area contributed by atoms with Crippen LogP contribution in [0.25, 0.3) is 0 Å². The summed E-state index contributed by atoms with van der Waals surface area (Å²) < 4.78 is 27.2. The number of aryl methyl sites for hydroxylation is 2. The molecule has 0 aromatic carbocycles. The number of rotatable bonds is 5. The number of aromatic nitrogens is 1. The Morgan fingerprint density at radius 3 is 2.79 bits per heavy atom. The first kappa shape index (κ1) is 17.5. The molecule has 0 saturated carbocycles. The molecule has 1 aliphatic heterocycles. The molecule has 130 valence electrons. The highest BCUT2D eigenvalue weighted by Gasteiger charge is 2.39. The van der Waals surface area contributed by atoms with E-state index in [0.29, 0.717) is 30.1 Å². The van der Waals surface area contributed by atoms with Gasteiger partial charge in [0.1, 0.15) is 10.3 Å². The minimum atomic E-state index is -3.61. The van der Waals surface area contributed by atoms with Crippen LogP contribution in [0.3, 0.4) is 0 Å². The van der Waals surface area contributed by atoms with E-state index >= 15 is 0 Å². The third-order valence-electron chi connectivity index (χ3n) is 3.89. The van der Waals surface area contributed by atoms with Crippen LogP contribution in [0.15, 0.2) is 22.5 Å². The van der Waals surface area contributed by atoms with Gasteiger partial charge >= 0.3 is 0 Å². The summed E-state index contributed by atoms with van der Waals surface area (Å²) in [6.07, 6.45) is 2.98. The van der Waals surface area contributed by atoms with Crippen molar-refractivity contribution in [3.8, 4) is 0 Å². The molecule has 1 fully saturated rings. The maximum Gasteiger partial charge on any atom is 0.253 e. The predicted octanol–water partition coefficient (Wildman–Crippen LogP) is 2.29. The lowest BCUT2D eigenvalue weighted by molar-refractivity contribution is -0.124. The number of thiophene rings is 1. The summed E-state index contributed by atoms with van der Waals surface area (Å²) in [6, 6.07) is 2.77. The van der Waals surface area contributed by atoms with Gasteiger partial charge in [-0.1, -0.05) is 0 Å². The van der Waals surface area contributed by atoms with Crippen molar-refractivity contribution < 1.29 is 13.2 Å². The van der Waals surface area contributed by atoms with E-state index in [9.17, 15) is 13.2 Å². The molecule has 1 N–H and O–H groups in total. The number of amides is 1. The molecule has 3 heterocycles. The summed E-state index contributed by atoms with van der Waals surface area (Å²) in [4.78, 5) is 18.5. The Labute approximate surface area is 149 Å². The Balaban J connectivity index is 1.71. The van der Waals surface area contributed by atoms with Gasteiger partial charge in [-0.25, -0.2) is 13.4 Å². The molecule has 0 radical (unpaired) electrons. The molecule has 0 aliphatic carbocycles. The van der Waals surface area contributed by atoms with Crippen molar-refractivity contribution in [3.05, 3.63) is 33.1 Å².